The Labute approximate surface area is 183 Å². The molecule has 2 aromatic carbocycles. The molecule has 1 aromatic heterocycles. The maximum Gasteiger partial charge on any atom is 0.416 e. The van der Waals surface area contributed by atoms with Gasteiger partial charge in [0.1, 0.15) is 11.3 Å². The summed E-state index contributed by atoms with van der Waals surface area (Å²) in [6.45, 7) is 2.06. The average Bonchev–Trinajstić information content (AvgIpc) is 3.21. The minimum Gasteiger partial charge on any atom is -0.496 e. The van der Waals surface area contributed by atoms with Crippen molar-refractivity contribution in [1.82, 2.24) is 25.2 Å². The number of piperidine rings is 1. The van der Waals surface area contributed by atoms with Crippen molar-refractivity contribution in [2.75, 3.05) is 26.7 Å². The molecule has 0 radical (unpaired) electrons. The number of nitrogens with zero attached hydrogens (tertiary/aromatic N) is 4. The second kappa shape index (κ2) is 9.15. The van der Waals surface area contributed by atoms with Crippen molar-refractivity contribution in [3.8, 4) is 5.75 Å². The van der Waals surface area contributed by atoms with Crippen molar-refractivity contribution in [1.29, 1.82) is 0 Å². The molecule has 1 fully saturated rings. The van der Waals surface area contributed by atoms with Gasteiger partial charge >= 0.3 is 6.18 Å². The van der Waals surface area contributed by atoms with Gasteiger partial charge in [-0.2, -0.15) is 13.2 Å². The van der Waals surface area contributed by atoms with Gasteiger partial charge in [0.2, 0.25) is 5.91 Å². The summed E-state index contributed by atoms with van der Waals surface area (Å²) >= 11 is 0. The Kier molecular flexibility index (Phi) is 6.31. The highest BCUT2D eigenvalue weighted by molar-refractivity contribution is 5.78. The second-order valence-electron chi connectivity index (χ2n) is 7.83. The zero-order chi connectivity index (χ0) is 22.7. The van der Waals surface area contributed by atoms with Crippen LogP contribution in [0.1, 0.15) is 30.0 Å². The van der Waals surface area contributed by atoms with Crippen LogP contribution in [0, 0.1) is 0 Å². The van der Waals surface area contributed by atoms with E-state index < -0.39 is 11.7 Å². The summed E-state index contributed by atoms with van der Waals surface area (Å²) in [6.07, 6.45) is -2.94. The van der Waals surface area contributed by atoms with Gasteiger partial charge in [-0.15, -0.1) is 5.10 Å². The number of hydrogen-bond acceptors (Lipinski definition) is 5. The number of likely N-dealkylation sites (tertiary alicyclic amines) is 1. The van der Waals surface area contributed by atoms with Crippen molar-refractivity contribution >= 4 is 16.9 Å². The van der Waals surface area contributed by atoms with Crippen LogP contribution in [0.3, 0.4) is 0 Å². The van der Waals surface area contributed by atoms with Gasteiger partial charge in [-0.05, 0) is 37.1 Å². The van der Waals surface area contributed by atoms with Gasteiger partial charge < -0.3 is 10.1 Å². The number of fused-ring (bicyclic) bond motifs is 1. The van der Waals surface area contributed by atoms with Gasteiger partial charge in [0, 0.05) is 25.2 Å². The second-order valence-corrected chi connectivity index (χ2v) is 7.83. The van der Waals surface area contributed by atoms with Crippen molar-refractivity contribution in [3.63, 3.8) is 0 Å². The van der Waals surface area contributed by atoms with E-state index in [4.69, 9.17) is 4.74 Å². The van der Waals surface area contributed by atoms with E-state index in [1.54, 1.807) is 11.8 Å². The third-order valence-corrected chi connectivity index (χ3v) is 5.74. The number of para-hydroxylation sites is 1. The Hall–Kier alpha value is -3.14. The molecule has 0 unspecified atom stereocenters. The maximum atomic E-state index is 12.9. The molecule has 3 aromatic rings. The number of alkyl halides is 3. The molecule has 1 saturated heterocycles. The zero-order valence-corrected chi connectivity index (χ0v) is 17.6. The number of ether oxygens (including phenoxy) is 1. The molecule has 1 aliphatic rings. The lowest BCUT2D eigenvalue weighted by Crippen LogP contribution is -2.41. The summed E-state index contributed by atoms with van der Waals surface area (Å²) < 4.78 is 45.7. The molecule has 1 N–H and O–H groups in total. The van der Waals surface area contributed by atoms with Crippen LogP contribution < -0.4 is 10.1 Å². The van der Waals surface area contributed by atoms with E-state index in [2.05, 4.69) is 20.5 Å². The Balaban J connectivity index is 1.31. The molecular formula is C22H24F3N5O2. The highest BCUT2D eigenvalue weighted by Gasteiger charge is 2.31. The van der Waals surface area contributed by atoms with Crippen molar-refractivity contribution in [3.05, 3.63) is 53.6 Å². The fourth-order valence-corrected chi connectivity index (χ4v) is 4.01. The molecule has 7 nitrogen and oxygen atoms in total. The first-order chi connectivity index (χ1) is 15.3. The molecular weight excluding hydrogens is 423 g/mol. The molecule has 10 heteroatoms. The minimum absolute atomic E-state index is 0.0321. The topological polar surface area (TPSA) is 72.3 Å². The smallest absolute Gasteiger partial charge is 0.416 e. The number of rotatable bonds is 6. The van der Waals surface area contributed by atoms with Crippen LogP contribution in [0.25, 0.3) is 11.0 Å². The van der Waals surface area contributed by atoms with Gasteiger partial charge in [0.05, 0.1) is 30.8 Å². The van der Waals surface area contributed by atoms with Crippen LogP contribution in [-0.2, 0) is 17.5 Å². The SMILES string of the molecule is COc1ccccc1CNC(=O)CN1CCC(n2nnc3cc(C(F)(F)F)ccc32)CC1. The molecule has 0 saturated carbocycles. The summed E-state index contributed by atoms with van der Waals surface area (Å²) in [5.74, 6) is 0.663. The van der Waals surface area contributed by atoms with Crippen LogP contribution in [-0.4, -0.2) is 52.5 Å². The van der Waals surface area contributed by atoms with Crippen LogP contribution >= 0.6 is 0 Å². The number of carbonyl (C=O) groups is 1. The standard InChI is InChI=1S/C22H24F3N5O2/c1-32-20-5-3-2-4-15(20)13-26-21(31)14-29-10-8-17(9-11-29)30-19-7-6-16(22(23,24)25)12-18(19)27-28-30/h2-7,12,17H,8-11,13-14H2,1H3,(H,26,31). The van der Waals surface area contributed by atoms with Gasteiger partial charge in [0.25, 0.3) is 0 Å². The van der Waals surface area contributed by atoms with Crippen LogP contribution in [0.5, 0.6) is 5.75 Å². The fraction of sp³-hybridized carbons (Fsp3) is 0.409. The van der Waals surface area contributed by atoms with Crippen molar-refractivity contribution in [2.24, 2.45) is 0 Å². The Morgan fingerprint density at radius 1 is 1.19 bits per heavy atom. The van der Waals surface area contributed by atoms with Crippen molar-refractivity contribution in [2.45, 2.75) is 31.6 Å². The monoisotopic (exact) mass is 447 g/mol. The molecule has 0 spiro atoms. The Bertz CT molecular complexity index is 1090. The Morgan fingerprint density at radius 3 is 2.66 bits per heavy atom. The predicted molar refractivity (Wildman–Crippen MR) is 112 cm³/mol. The largest absolute Gasteiger partial charge is 0.496 e. The first kappa shape index (κ1) is 22.1. The van der Waals surface area contributed by atoms with E-state index in [1.807, 2.05) is 24.3 Å². The maximum absolute atomic E-state index is 12.9. The molecule has 2 heterocycles. The molecule has 170 valence electrons. The number of nitrogens with one attached hydrogen (secondary N) is 1. The molecule has 1 amide bonds. The van der Waals surface area contributed by atoms with Crippen molar-refractivity contribution < 1.29 is 22.7 Å². The predicted octanol–water partition coefficient (Wildman–Crippen LogP) is 3.41. The molecule has 4 rings (SSSR count). The van der Waals surface area contributed by atoms with E-state index in [0.717, 1.165) is 36.3 Å². The van der Waals surface area contributed by atoms with Gasteiger partial charge in [0.15, 0.2) is 0 Å². The van der Waals surface area contributed by atoms with Gasteiger partial charge in [-0.25, -0.2) is 4.68 Å². The van der Waals surface area contributed by atoms with E-state index >= 15 is 0 Å². The summed E-state index contributed by atoms with van der Waals surface area (Å²) in [5.41, 5.74) is 1.00. The number of aromatic nitrogens is 3. The summed E-state index contributed by atoms with van der Waals surface area (Å²) in [7, 11) is 1.60. The molecule has 32 heavy (non-hydrogen) atoms. The minimum atomic E-state index is -4.41. The van der Waals surface area contributed by atoms with E-state index in [-0.39, 0.29) is 24.0 Å². The van der Waals surface area contributed by atoms with E-state index in [0.29, 0.717) is 25.2 Å². The van der Waals surface area contributed by atoms with E-state index in [9.17, 15) is 18.0 Å². The lowest BCUT2D eigenvalue weighted by atomic mass is 10.0. The summed E-state index contributed by atoms with van der Waals surface area (Å²) in [4.78, 5) is 14.4. The number of benzene rings is 2. The van der Waals surface area contributed by atoms with Crippen LogP contribution in [0.2, 0.25) is 0 Å². The quantitative estimate of drug-likeness (QED) is 0.627. The first-order valence-corrected chi connectivity index (χ1v) is 10.4. The molecule has 0 atom stereocenters. The fourth-order valence-electron chi connectivity index (χ4n) is 4.01. The molecule has 1 aliphatic heterocycles. The normalized spacial score (nSPS) is 15.8. The van der Waals surface area contributed by atoms with Crippen LogP contribution in [0.15, 0.2) is 42.5 Å². The number of hydrogen-bond donors (Lipinski definition) is 1. The lowest BCUT2D eigenvalue weighted by Gasteiger charge is -2.31. The Morgan fingerprint density at radius 2 is 1.94 bits per heavy atom. The van der Waals surface area contributed by atoms with E-state index in [1.165, 1.54) is 6.07 Å². The highest BCUT2D eigenvalue weighted by Crippen LogP contribution is 2.32. The molecule has 0 aliphatic carbocycles. The molecule has 0 bridgehead atoms. The van der Waals surface area contributed by atoms with Crippen LogP contribution in [0.4, 0.5) is 13.2 Å². The van der Waals surface area contributed by atoms with Gasteiger partial charge in [-0.3, -0.25) is 9.69 Å². The number of halogens is 3. The summed E-state index contributed by atoms with van der Waals surface area (Å²) in [5, 5.41) is 10.9. The van der Waals surface area contributed by atoms with Gasteiger partial charge in [-0.1, -0.05) is 23.4 Å². The first-order valence-electron chi connectivity index (χ1n) is 10.4. The lowest BCUT2D eigenvalue weighted by molar-refractivity contribution is -0.137. The number of amides is 1. The summed E-state index contributed by atoms with van der Waals surface area (Å²) in [6, 6.07) is 11.1. The third kappa shape index (κ3) is 4.85. The zero-order valence-electron chi connectivity index (χ0n) is 17.6. The third-order valence-electron chi connectivity index (χ3n) is 5.74. The number of carbonyl (C=O) groups excluding carboxylic acids is 1. The average molecular weight is 447 g/mol. The highest BCUT2D eigenvalue weighted by atomic mass is 19.4. The number of methoxy groups -OCH3 is 1.